The van der Waals surface area contributed by atoms with E-state index in [0.717, 1.165) is 74.6 Å². The van der Waals surface area contributed by atoms with Gasteiger partial charge >= 0.3 is 0 Å². The molecular weight excluding hydrogens is 1000 g/mol. The van der Waals surface area contributed by atoms with Gasteiger partial charge in [0.2, 0.25) is 0 Å². The number of H-pyrrole nitrogens is 1. The van der Waals surface area contributed by atoms with Gasteiger partial charge in [-0.05, 0) is 132 Å². The first-order chi connectivity index (χ1) is 38.7. The summed E-state index contributed by atoms with van der Waals surface area (Å²) in [5.74, 6) is 1.52. The zero-order chi connectivity index (χ0) is 60.0. The van der Waals surface area contributed by atoms with E-state index in [2.05, 4.69) is 214 Å². The summed E-state index contributed by atoms with van der Waals surface area (Å²) in [5, 5.41) is 34.8. The molecule has 2 unspecified atom stereocenters. The lowest BCUT2D eigenvalue weighted by atomic mass is 10.1. The third kappa shape index (κ3) is 44.9. The van der Waals surface area contributed by atoms with Crippen LogP contribution in [0.3, 0.4) is 0 Å². The molecule has 2 saturated carbocycles. The fourth-order valence-corrected chi connectivity index (χ4v) is 9.02. The van der Waals surface area contributed by atoms with E-state index in [0.29, 0.717) is 42.2 Å². The van der Waals surface area contributed by atoms with Crippen molar-refractivity contribution in [3.05, 3.63) is 114 Å². The van der Waals surface area contributed by atoms with Crippen molar-refractivity contribution in [2.75, 3.05) is 32.7 Å². The predicted molar refractivity (Wildman–Crippen MR) is 349 cm³/mol. The van der Waals surface area contributed by atoms with Crippen LogP contribution < -0.4 is 31.9 Å². The average molecular weight is 1120 g/mol. The monoisotopic (exact) mass is 1120 g/mol. The third-order valence-corrected chi connectivity index (χ3v) is 13.5. The van der Waals surface area contributed by atoms with Crippen LogP contribution in [0, 0.1) is 5.92 Å². The number of aromatic nitrogens is 6. The molecule has 8 rings (SSSR count). The minimum absolute atomic E-state index is 0.497. The maximum atomic E-state index is 4.25. The molecule has 3 fully saturated rings. The minimum atomic E-state index is 0.497. The van der Waals surface area contributed by atoms with Gasteiger partial charge in [-0.1, -0.05) is 148 Å². The Morgan fingerprint density at radius 2 is 1.19 bits per heavy atom. The molecule has 0 spiro atoms. The van der Waals surface area contributed by atoms with Crippen LogP contribution in [0.4, 0.5) is 0 Å². The maximum absolute atomic E-state index is 4.25. The van der Waals surface area contributed by atoms with Gasteiger partial charge in [0, 0.05) is 135 Å². The molecule has 460 valence electrons. The Bertz CT molecular complexity index is 1960. The predicted octanol–water partition coefficient (Wildman–Crippen LogP) is 13.1. The Labute approximate surface area is 496 Å². The SMILES string of the molecule is CC(C)N1CCCCCC1.CC(C)NC1CCCC1.CC(C)NCC1=NCC=C1.CC(C)NCCc1ccccn1.CC(C)NCc1cccnc1.CC(C)NCc1cccnn1.CC(C)c1ccn[nH]1.CC1CCC(NC(C)C)C1. The van der Waals surface area contributed by atoms with Crippen LogP contribution in [0.25, 0.3) is 0 Å². The van der Waals surface area contributed by atoms with Crippen LogP contribution in [0.5, 0.6) is 0 Å². The molecule has 2 aliphatic carbocycles. The van der Waals surface area contributed by atoms with E-state index in [9.17, 15) is 0 Å². The van der Waals surface area contributed by atoms with Gasteiger partial charge in [-0.3, -0.25) is 20.1 Å². The molecule has 7 N–H and O–H groups in total. The number of hydrogen-bond acceptors (Lipinski definition) is 13. The van der Waals surface area contributed by atoms with E-state index >= 15 is 0 Å². The molecule has 2 atom stereocenters. The Balaban J connectivity index is 0.000000464. The summed E-state index contributed by atoms with van der Waals surface area (Å²) in [7, 11) is 0. The van der Waals surface area contributed by atoms with Crippen molar-refractivity contribution in [2.24, 2.45) is 10.9 Å². The Morgan fingerprint density at radius 3 is 1.65 bits per heavy atom. The molecule has 0 bridgehead atoms. The first-order valence-corrected chi connectivity index (χ1v) is 31.7. The molecule has 6 heterocycles. The van der Waals surface area contributed by atoms with Crippen LogP contribution in [0.1, 0.15) is 217 Å². The number of likely N-dealkylation sites (tertiary alicyclic amines) is 1. The number of pyridine rings is 2. The summed E-state index contributed by atoms with van der Waals surface area (Å²) in [4.78, 5) is 15.1. The highest BCUT2D eigenvalue weighted by Gasteiger charge is 2.21. The molecular formula is C67H122N14. The molecule has 81 heavy (non-hydrogen) atoms. The van der Waals surface area contributed by atoms with Crippen LogP contribution in [-0.2, 0) is 19.5 Å². The van der Waals surface area contributed by atoms with Crippen molar-refractivity contribution >= 4 is 5.71 Å². The summed E-state index contributed by atoms with van der Waals surface area (Å²) in [5.41, 5.74) is 5.76. The van der Waals surface area contributed by atoms with Crippen LogP contribution in [0.2, 0.25) is 0 Å². The Morgan fingerprint density at radius 1 is 0.568 bits per heavy atom. The van der Waals surface area contributed by atoms with E-state index in [-0.39, 0.29) is 0 Å². The second-order valence-electron chi connectivity index (χ2n) is 24.5. The molecule has 0 radical (unpaired) electrons. The van der Waals surface area contributed by atoms with Crippen LogP contribution >= 0.6 is 0 Å². The van der Waals surface area contributed by atoms with Crippen molar-refractivity contribution in [1.29, 1.82) is 0 Å². The average Bonchev–Trinajstić information content (AvgIpc) is 4.30. The molecule has 14 nitrogen and oxygen atoms in total. The van der Waals surface area contributed by atoms with Gasteiger partial charge in [0.1, 0.15) is 0 Å². The molecule has 0 aromatic carbocycles. The topological polar surface area (TPSA) is 168 Å². The van der Waals surface area contributed by atoms with E-state index < -0.39 is 0 Å². The van der Waals surface area contributed by atoms with Crippen molar-refractivity contribution in [3.63, 3.8) is 0 Å². The fraction of sp³-hybridized carbons (Fsp3) is 0.701. The molecule has 2 aliphatic heterocycles. The molecule has 4 aliphatic rings. The van der Waals surface area contributed by atoms with E-state index in [1.807, 2.05) is 48.8 Å². The lowest BCUT2D eigenvalue weighted by Crippen LogP contribution is -2.32. The zero-order valence-corrected chi connectivity index (χ0v) is 54.6. The quantitative estimate of drug-likeness (QED) is 0.0475. The summed E-state index contributed by atoms with van der Waals surface area (Å²) < 4.78 is 0. The van der Waals surface area contributed by atoms with Crippen molar-refractivity contribution in [2.45, 2.75) is 268 Å². The fourth-order valence-electron chi connectivity index (χ4n) is 9.02. The number of rotatable bonds is 19. The number of aromatic amines is 1. The summed E-state index contributed by atoms with van der Waals surface area (Å²) in [6, 6.07) is 21.8. The van der Waals surface area contributed by atoms with Gasteiger partial charge in [0.25, 0.3) is 0 Å². The highest BCUT2D eigenvalue weighted by molar-refractivity contribution is 5.98. The highest BCUT2D eigenvalue weighted by Crippen LogP contribution is 2.24. The normalized spacial score (nSPS) is 16.9. The second-order valence-corrected chi connectivity index (χ2v) is 24.5. The number of nitrogens with zero attached hydrogens (tertiary/aromatic N) is 7. The van der Waals surface area contributed by atoms with Gasteiger partial charge in [0.15, 0.2) is 0 Å². The first kappa shape index (κ1) is 74.7. The smallest absolute Gasteiger partial charge is 0.0769 e. The molecule has 0 amide bonds. The van der Waals surface area contributed by atoms with E-state index in [1.165, 1.54) is 101 Å². The van der Waals surface area contributed by atoms with Gasteiger partial charge in [0.05, 0.1) is 12.2 Å². The minimum Gasteiger partial charge on any atom is -0.314 e. The van der Waals surface area contributed by atoms with Gasteiger partial charge < -0.3 is 36.8 Å². The Kier molecular flexibility index (Phi) is 44.4. The largest absolute Gasteiger partial charge is 0.314 e. The first-order valence-electron chi connectivity index (χ1n) is 31.7. The van der Waals surface area contributed by atoms with E-state index in [1.54, 1.807) is 18.6 Å². The van der Waals surface area contributed by atoms with Crippen molar-refractivity contribution in [3.8, 4) is 0 Å². The van der Waals surface area contributed by atoms with Gasteiger partial charge in [-0.2, -0.15) is 15.3 Å². The van der Waals surface area contributed by atoms with Crippen LogP contribution in [0.15, 0.2) is 96.7 Å². The Hall–Kier alpha value is -4.28. The summed E-state index contributed by atoms with van der Waals surface area (Å²) in [6.45, 7) is 44.3. The van der Waals surface area contributed by atoms with Gasteiger partial charge in [-0.25, -0.2) is 0 Å². The maximum Gasteiger partial charge on any atom is 0.0769 e. The number of aliphatic imine (C=N–C) groups is 1. The lowest BCUT2D eigenvalue weighted by Gasteiger charge is -2.23. The third-order valence-electron chi connectivity index (χ3n) is 13.5. The molecule has 4 aromatic heterocycles. The standard InChI is InChI=1S/C10H16N2.C9H14N2.2C9H19N.C8H13N3.C8H14N2.C8H17N.C6H10N2/c1-9(2)11-8-6-10-5-3-4-7-12-10;1-8(2)11-7-9-4-3-5-10-6-9;1-7(2)10-9-5-4-8(3)6-9;1-9(2)10-7-5-3-4-6-8-10;1-7(2)9-6-8-4-3-5-10-11-8;1-7(2)10-6-8-4-3-5-9-8;1-7(2)9-8-5-3-4-6-8;1-5(2)6-3-4-7-8-6/h3-5,7,9,11H,6,8H2,1-2H3;3-6,8,11H,7H2,1-2H3;7-10H,4-6H2,1-3H3;9H,3-8H2,1-2H3;3-5,7,9H,6H2,1-2H3;3-4,7,10H,5-6H2,1-2H3;7-9H,3-6H2,1-2H3;3-5H,1-2H3,(H,7,8). The molecule has 4 aromatic rings. The molecule has 1 saturated heterocycles. The van der Waals surface area contributed by atoms with Crippen LogP contribution in [-0.4, -0.2) is 128 Å². The lowest BCUT2D eigenvalue weighted by molar-refractivity contribution is 0.231. The second kappa shape index (κ2) is 48.1. The van der Waals surface area contributed by atoms with E-state index in [4.69, 9.17) is 0 Å². The number of nitrogens with one attached hydrogen (secondary N) is 7. The molecule has 14 heteroatoms. The van der Waals surface area contributed by atoms with Gasteiger partial charge in [-0.15, -0.1) is 0 Å². The zero-order valence-electron chi connectivity index (χ0n) is 54.6. The number of hydrogen-bond donors (Lipinski definition) is 7. The summed E-state index contributed by atoms with van der Waals surface area (Å²) in [6.07, 6.45) is 29.7. The van der Waals surface area contributed by atoms with Crippen molar-refractivity contribution < 1.29 is 0 Å². The van der Waals surface area contributed by atoms with Crippen molar-refractivity contribution in [1.82, 2.24) is 67.2 Å². The highest BCUT2D eigenvalue weighted by atomic mass is 15.1. The summed E-state index contributed by atoms with van der Waals surface area (Å²) >= 11 is 0.